The zero-order valence-electron chi connectivity index (χ0n) is 14.7. The fraction of sp³-hybridized carbons (Fsp3) is 0.190. The van der Waals surface area contributed by atoms with Crippen molar-refractivity contribution in [3.05, 3.63) is 69.2 Å². The van der Waals surface area contributed by atoms with Gasteiger partial charge in [0.25, 0.3) is 0 Å². The number of anilines is 1. The number of hydrogen-bond donors (Lipinski definition) is 0. The van der Waals surface area contributed by atoms with Gasteiger partial charge in [-0.15, -0.1) is 11.3 Å². The van der Waals surface area contributed by atoms with Crippen LogP contribution in [0.15, 0.2) is 64.0 Å². The molecule has 0 saturated carbocycles. The molecule has 0 N–H and O–H groups in total. The summed E-state index contributed by atoms with van der Waals surface area (Å²) < 4.78 is 1.13. The smallest absolute Gasteiger partial charge is 0.117 e. The van der Waals surface area contributed by atoms with Crippen LogP contribution in [0.4, 0.5) is 5.69 Å². The highest BCUT2D eigenvalue weighted by Crippen LogP contribution is 2.46. The number of hydrogen-bond acceptors (Lipinski definition) is 4. The maximum atomic E-state index is 6.27. The number of halogens is 1. The highest BCUT2D eigenvalue weighted by Gasteiger charge is 2.23. The number of para-hydroxylation sites is 2. The molecule has 0 unspecified atom stereocenters. The first-order chi connectivity index (χ1) is 12.7. The van der Waals surface area contributed by atoms with Crippen molar-refractivity contribution >= 4 is 56.7 Å². The van der Waals surface area contributed by atoms with E-state index in [9.17, 15) is 0 Å². The predicted octanol–water partition coefficient (Wildman–Crippen LogP) is 7.22. The fourth-order valence-corrected chi connectivity index (χ4v) is 5.49. The number of aromatic nitrogens is 1. The molecule has 0 atom stereocenters. The van der Waals surface area contributed by atoms with Crippen LogP contribution < -0.4 is 4.90 Å². The van der Waals surface area contributed by atoms with Crippen LogP contribution >= 0.6 is 34.7 Å². The summed E-state index contributed by atoms with van der Waals surface area (Å²) in [4.78, 5) is 8.41. The lowest BCUT2D eigenvalue weighted by atomic mass is 10.2. The standard InChI is InChI=1S/C21H19ClN2S2/c1-3-14(12-19-23-21-15(22)8-7-11-18(21)25-19)13-20-24(4-2)16-9-5-6-10-17(16)26-20/h5-13H,3-4H2,1-2H3. The Hall–Kier alpha value is -1.75. The third-order valence-corrected chi connectivity index (χ3v) is 6.75. The lowest BCUT2D eigenvalue weighted by Crippen LogP contribution is -2.16. The van der Waals surface area contributed by atoms with E-state index < -0.39 is 0 Å². The van der Waals surface area contributed by atoms with Gasteiger partial charge in [0, 0.05) is 11.4 Å². The van der Waals surface area contributed by atoms with E-state index in [1.54, 1.807) is 11.3 Å². The minimum Gasteiger partial charge on any atom is -0.335 e. The van der Waals surface area contributed by atoms with Crippen LogP contribution in [0.5, 0.6) is 0 Å². The van der Waals surface area contributed by atoms with Crippen LogP contribution in [0.3, 0.4) is 0 Å². The van der Waals surface area contributed by atoms with Gasteiger partial charge in [-0.25, -0.2) is 4.98 Å². The second-order valence-electron chi connectivity index (χ2n) is 6.01. The van der Waals surface area contributed by atoms with Gasteiger partial charge in [0.2, 0.25) is 0 Å². The molecule has 2 heterocycles. The second-order valence-corrected chi connectivity index (χ2v) is 8.54. The zero-order valence-corrected chi connectivity index (χ0v) is 17.1. The van der Waals surface area contributed by atoms with E-state index in [0.717, 1.165) is 28.2 Å². The Bertz CT molecular complexity index is 1020. The Balaban J connectivity index is 1.70. The molecular formula is C21H19ClN2S2. The molecule has 0 radical (unpaired) electrons. The van der Waals surface area contributed by atoms with E-state index in [1.807, 2.05) is 23.9 Å². The molecule has 1 aliphatic heterocycles. The van der Waals surface area contributed by atoms with Crippen LogP contribution in [0.25, 0.3) is 16.3 Å². The largest absolute Gasteiger partial charge is 0.335 e. The monoisotopic (exact) mass is 398 g/mol. The van der Waals surface area contributed by atoms with E-state index in [-0.39, 0.29) is 0 Å². The van der Waals surface area contributed by atoms with E-state index in [0.29, 0.717) is 5.02 Å². The molecule has 0 fully saturated rings. The van der Waals surface area contributed by atoms with E-state index in [4.69, 9.17) is 16.6 Å². The summed E-state index contributed by atoms with van der Waals surface area (Å²) in [6, 6.07) is 14.5. The van der Waals surface area contributed by atoms with Crippen molar-refractivity contribution in [1.82, 2.24) is 4.98 Å². The zero-order chi connectivity index (χ0) is 18.1. The molecule has 1 aliphatic rings. The molecule has 0 saturated heterocycles. The molecule has 26 heavy (non-hydrogen) atoms. The Morgan fingerprint density at radius 1 is 1.15 bits per heavy atom. The number of thiazole rings is 1. The molecule has 2 nitrogen and oxygen atoms in total. The van der Waals surface area contributed by atoms with Crippen LogP contribution in [-0.2, 0) is 0 Å². The number of nitrogens with zero attached hydrogens (tertiary/aromatic N) is 2. The highest BCUT2D eigenvalue weighted by atomic mass is 35.5. The lowest BCUT2D eigenvalue weighted by Gasteiger charge is -2.18. The van der Waals surface area contributed by atoms with Gasteiger partial charge in [-0.05, 0) is 55.3 Å². The quantitative estimate of drug-likeness (QED) is 0.461. The van der Waals surface area contributed by atoms with Gasteiger partial charge < -0.3 is 4.90 Å². The van der Waals surface area contributed by atoms with E-state index in [1.165, 1.54) is 21.2 Å². The Labute approximate surface area is 167 Å². The first-order valence-electron chi connectivity index (χ1n) is 8.71. The number of benzene rings is 2. The van der Waals surface area contributed by atoms with Crippen molar-refractivity contribution in [2.45, 2.75) is 25.2 Å². The molecular weight excluding hydrogens is 380 g/mol. The Morgan fingerprint density at radius 2 is 2.00 bits per heavy atom. The fourth-order valence-electron chi connectivity index (χ4n) is 3.04. The molecule has 132 valence electrons. The van der Waals surface area contributed by atoms with E-state index >= 15 is 0 Å². The third kappa shape index (κ3) is 3.29. The van der Waals surface area contributed by atoms with Crippen molar-refractivity contribution in [2.75, 3.05) is 11.4 Å². The predicted molar refractivity (Wildman–Crippen MR) is 116 cm³/mol. The second kappa shape index (κ2) is 7.47. The average Bonchev–Trinajstić information content (AvgIpc) is 3.22. The topological polar surface area (TPSA) is 16.1 Å². The SMILES string of the molecule is CCC(=Cc1nc2c(Cl)cccc2s1)C=C1Sc2ccccc2N1CC. The molecule has 5 heteroatoms. The number of rotatable bonds is 4. The van der Waals surface area contributed by atoms with Crippen molar-refractivity contribution in [3.8, 4) is 0 Å². The summed E-state index contributed by atoms with van der Waals surface area (Å²) in [7, 11) is 0. The highest BCUT2D eigenvalue weighted by molar-refractivity contribution is 8.03. The van der Waals surface area contributed by atoms with Crippen molar-refractivity contribution in [2.24, 2.45) is 0 Å². The number of allylic oxidation sites excluding steroid dienone is 2. The number of fused-ring (bicyclic) bond motifs is 2. The van der Waals surface area contributed by atoms with Gasteiger partial charge in [0.1, 0.15) is 10.5 Å². The Morgan fingerprint density at radius 3 is 2.77 bits per heavy atom. The van der Waals surface area contributed by atoms with Crippen LogP contribution in [0.2, 0.25) is 5.02 Å². The lowest BCUT2D eigenvalue weighted by molar-refractivity contribution is 0.998. The van der Waals surface area contributed by atoms with Crippen LogP contribution in [0.1, 0.15) is 25.3 Å². The maximum absolute atomic E-state index is 6.27. The average molecular weight is 399 g/mol. The van der Waals surface area contributed by atoms with E-state index in [2.05, 4.69) is 61.2 Å². The molecule has 0 aliphatic carbocycles. The minimum atomic E-state index is 0.716. The molecule has 1 aromatic heterocycles. The molecule has 2 aromatic carbocycles. The van der Waals surface area contributed by atoms with Gasteiger partial charge in [-0.2, -0.15) is 0 Å². The summed E-state index contributed by atoms with van der Waals surface area (Å²) in [6.07, 6.45) is 5.44. The molecule has 0 amide bonds. The Kier molecular flexibility index (Phi) is 5.07. The molecule has 4 rings (SSSR count). The maximum Gasteiger partial charge on any atom is 0.117 e. The summed E-state index contributed by atoms with van der Waals surface area (Å²) in [5.74, 6) is 0. The number of thioether (sulfide) groups is 1. The molecule has 0 bridgehead atoms. The van der Waals surface area contributed by atoms with Gasteiger partial charge in [-0.1, -0.05) is 48.5 Å². The normalized spacial score (nSPS) is 15.9. The van der Waals surface area contributed by atoms with Gasteiger partial charge in [0.05, 0.1) is 20.4 Å². The first-order valence-corrected chi connectivity index (χ1v) is 10.7. The summed E-state index contributed by atoms with van der Waals surface area (Å²) in [6.45, 7) is 5.34. The van der Waals surface area contributed by atoms with Gasteiger partial charge in [-0.3, -0.25) is 0 Å². The molecule has 3 aromatic rings. The van der Waals surface area contributed by atoms with Crippen molar-refractivity contribution < 1.29 is 0 Å². The van der Waals surface area contributed by atoms with Crippen LogP contribution in [-0.4, -0.2) is 11.5 Å². The van der Waals surface area contributed by atoms with Gasteiger partial charge in [0.15, 0.2) is 0 Å². The summed E-state index contributed by atoms with van der Waals surface area (Å²) in [5.41, 5.74) is 3.47. The summed E-state index contributed by atoms with van der Waals surface area (Å²) >= 11 is 9.79. The third-order valence-electron chi connectivity index (χ3n) is 4.37. The first kappa shape index (κ1) is 17.7. The summed E-state index contributed by atoms with van der Waals surface area (Å²) in [5, 5.41) is 3.00. The van der Waals surface area contributed by atoms with Gasteiger partial charge >= 0.3 is 0 Å². The van der Waals surface area contributed by atoms with Crippen molar-refractivity contribution in [3.63, 3.8) is 0 Å². The minimum absolute atomic E-state index is 0.716. The van der Waals surface area contributed by atoms with Crippen molar-refractivity contribution in [1.29, 1.82) is 0 Å². The molecule has 0 spiro atoms. The van der Waals surface area contributed by atoms with Crippen LogP contribution in [0, 0.1) is 0 Å².